The van der Waals surface area contributed by atoms with Crippen LogP contribution in [0.2, 0.25) is 5.02 Å². The maximum absolute atomic E-state index is 14.3. The number of anilines is 1. The van der Waals surface area contributed by atoms with Crippen LogP contribution in [0.25, 0.3) is 0 Å². The van der Waals surface area contributed by atoms with Crippen molar-refractivity contribution in [1.82, 2.24) is 4.90 Å². The standard InChI is InChI=1S/C26H25BrClFN2O5S/c1-37(34,35)20-5-6-21(23(28)11-20)26(33)30-18-4-2-3-16(9-18)15-36-25-12-24(29)22(27)10-17(25)13-31-8-7-19(32)14-31/h2-6,9-12,19,32H,7-8,13-15H2,1H3,(H,30,33)/t19-/m0/s1. The summed E-state index contributed by atoms with van der Waals surface area (Å²) in [5, 5.41) is 12.6. The lowest BCUT2D eigenvalue weighted by atomic mass is 10.1. The summed E-state index contributed by atoms with van der Waals surface area (Å²) in [6, 6.07) is 13.9. The molecule has 4 rings (SSSR count). The largest absolute Gasteiger partial charge is 0.488 e. The topological polar surface area (TPSA) is 95.9 Å². The molecule has 3 aromatic carbocycles. The molecule has 0 bridgehead atoms. The molecule has 37 heavy (non-hydrogen) atoms. The number of sulfone groups is 1. The number of likely N-dealkylation sites (tertiary alicyclic amines) is 1. The summed E-state index contributed by atoms with van der Waals surface area (Å²) in [6.45, 7) is 1.94. The van der Waals surface area contributed by atoms with Crippen LogP contribution in [0.5, 0.6) is 5.75 Å². The average Bonchev–Trinajstić information content (AvgIpc) is 3.24. The lowest BCUT2D eigenvalue weighted by Gasteiger charge is -2.19. The molecule has 0 aliphatic carbocycles. The SMILES string of the molecule is CS(=O)(=O)c1ccc(C(=O)Nc2cccc(COc3cc(F)c(Br)cc3CN3CC[C@H](O)C3)c2)c(Cl)c1. The van der Waals surface area contributed by atoms with Crippen molar-refractivity contribution in [3.63, 3.8) is 0 Å². The summed E-state index contributed by atoms with van der Waals surface area (Å²) in [5.74, 6) is -0.539. The molecular weight excluding hydrogens is 587 g/mol. The molecule has 0 radical (unpaired) electrons. The average molecular weight is 612 g/mol. The van der Waals surface area contributed by atoms with Crippen LogP contribution >= 0.6 is 27.5 Å². The highest BCUT2D eigenvalue weighted by molar-refractivity contribution is 9.10. The van der Waals surface area contributed by atoms with Crippen molar-refractivity contribution in [1.29, 1.82) is 0 Å². The van der Waals surface area contributed by atoms with Crippen LogP contribution in [0.4, 0.5) is 10.1 Å². The number of hydrogen-bond donors (Lipinski definition) is 2. The van der Waals surface area contributed by atoms with Crippen molar-refractivity contribution in [2.45, 2.75) is 30.6 Å². The third kappa shape index (κ3) is 7.08. The first-order chi connectivity index (χ1) is 17.5. The van der Waals surface area contributed by atoms with Gasteiger partial charge in [-0.3, -0.25) is 9.69 Å². The number of amides is 1. The molecular formula is C26H25BrClFN2O5S. The molecule has 196 valence electrons. The first-order valence-electron chi connectivity index (χ1n) is 11.4. The second-order valence-electron chi connectivity index (χ2n) is 8.91. The fourth-order valence-electron chi connectivity index (χ4n) is 4.03. The van der Waals surface area contributed by atoms with E-state index in [2.05, 4.69) is 26.1 Å². The van der Waals surface area contributed by atoms with E-state index in [1.165, 1.54) is 24.3 Å². The van der Waals surface area contributed by atoms with Crippen molar-refractivity contribution in [3.8, 4) is 5.75 Å². The van der Waals surface area contributed by atoms with Gasteiger partial charge in [0, 0.05) is 43.2 Å². The number of aliphatic hydroxyl groups excluding tert-OH is 1. The number of halogens is 3. The molecule has 1 atom stereocenters. The number of nitrogens with one attached hydrogen (secondary N) is 1. The van der Waals surface area contributed by atoms with Gasteiger partial charge < -0.3 is 15.2 Å². The van der Waals surface area contributed by atoms with Crippen LogP contribution in [0.3, 0.4) is 0 Å². The Balaban J connectivity index is 1.45. The van der Waals surface area contributed by atoms with Gasteiger partial charge in [0.25, 0.3) is 5.91 Å². The molecule has 1 fully saturated rings. The summed E-state index contributed by atoms with van der Waals surface area (Å²) in [5.41, 5.74) is 2.15. The van der Waals surface area contributed by atoms with Crippen LogP contribution in [0, 0.1) is 5.82 Å². The van der Waals surface area contributed by atoms with E-state index in [4.69, 9.17) is 16.3 Å². The lowest BCUT2D eigenvalue weighted by molar-refractivity contribution is 0.102. The summed E-state index contributed by atoms with van der Waals surface area (Å²) < 4.78 is 44.0. The molecule has 2 N–H and O–H groups in total. The van der Waals surface area contributed by atoms with Gasteiger partial charge in [-0.1, -0.05) is 23.7 Å². The van der Waals surface area contributed by atoms with E-state index in [-0.39, 0.29) is 28.2 Å². The maximum atomic E-state index is 14.3. The Morgan fingerprint density at radius 2 is 2.03 bits per heavy atom. The van der Waals surface area contributed by atoms with E-state index in [0.29, 0.717) is 35.4 Å². The number of benzene rings is 3. The van der Waals surface area contributed by atoms with Crippen molar-refractivity contribution >= 4 is 49.0 Å². The van der Waals surface area contributed by atoms with Gasteiger partial charge in [0.05, 0.1) is 26.1 Å². The minimum Gasteiger partial charge on any atom is -0.488 e. The minimum absolute atomic E-state index is 0.0234. The number of nitrogens with zero attached hydrogens (tertiary/aromatic N) is 1. The fourth-order valence-corrected chi connectivity index (χ4v) is 5.40. The van der Waals surface area contributed by atoms with E-state index in [1.54, 1.807) is 24.3 Å². The van der Waals surface area contributed by atoms with Crippen molar-refractivity contribution in [3.05, 3.63) is 86.6 Å². The number of rotatable bonds is 8. The van der Waals surface area contributed by atoms with Crippen molar-refractivity contribution in [2.24, 2.45) is 0 Å². The van der Waals surface area contributed by atoms with Crippen LogP contribution in [0.1, 0.15) is 27.9 Å². The van der Waals surface area contributed by atoms with Gasteiger partial charge in [0.15, 0.2) is 9.84 Å². The first kappa shape index (κ1) is 27.5. The number of hydrogen-bond acceptors (Lipinski definition) is 6. The monoisotopic (exact) mass is 610 g/mol. The highest BCUT2D eigenvalue weighted by Crippen LogP contribution is 2.30. The number of β-amino-alcohol motifs (C(OH)–C–C–N with tert-alkyl or cyclic N) is 1. The van der Waals surface area contributed by atoms with Crippen molar-refractivity contribution in [2.75, 3.05) is 24.7 Å². The minimum atomic E-state index is -3.45. The summed E-state index contributed by atoms with van der Waals surface area (Å²) >= 11 is 9.39. The molecule has 0 saturated carbocycles. The molecule has 1 heterocycles. The van der Waals surface area contributed by atoms with Gasteiger partial charge in [-0.15, -0.1) is 0 Å². The highest BCUT2D eigenvalue weighted by atomic mass is 79.9. The number of carbonyl (C=O) groups is 1. The van der Waals surface area contributed by atoms with Gasteiger partial charge in [0.1, 0.15) is 18.2 Å². The quantitative estimate of drug-likeness (QED) is 0.371. The van der Waals surface area contributed by atoms with Crippen LogP contribution < -0.4 is 10.1 Å². The molecule has 7 nitrogen and oxygen atoms in total. The van der Waals surface area contributed by atoms with E-state index < -0.39 is 21.6 Å². The zero-order valence-electron chi connectivity index (χ0n) is 19.9. The Hall–Kier alpha value is -2.50. The fraction of sp³-hybridized carbons (Fsp3) is 0.269. The van der Waals surface area contributed by atoms with Gasteiger partial charge in [-0.2, -0.15) is 0 Å². The Labute approximate surface area is 228 Å². The van der Waals surface area contributed by atoms with E-state index >= 15 is 0 Å². The van der Waals surface area contributed by atoms with E-state index in [0.717, 1.165) is 23.9 Å². The molecule has 0 aromatic heterocycles. The van der Waals surface area contributed by atoms with Crippen LogP contribution in [-0.2, 0) is 23.0 Å². The zero-order valence-corrected chi connectivity index (χ0v) is 23.0. The van der Waals surface area contributed by atoms with Crippen molar-refractivity contribution < 1.29 is 27.4 Å². The second kappa shape index (κ2) is 11.5. The second-order valence-corrected chi connectivity index (χ2v) is 12.2. The Morgan fingerprint density at radius 1 is 1.24 bits per heavy atom. The number of ether oxygens (including phenoxy) is 1. The Morgan fingerprint density at radius 3 is 2.70 bits per heavy atom. The molecule has 3 aromatic rings. The number of carbonyl (C=O) groups excluding carboxylic acids is 1. The summed E-state index contributed by atoms with van der Waals surface area (Å²) in [7, 11) is -3.45. The predicted octanol–water partition coefficient (Wildman–Crippen LogP) is 5.04. The number of aliphatic hydroxyl groups is 1. The molecule has 1 aliphatic rings. The lowest BCUT2D eigenvalue weighted by Crippen LogP contribution is -2.22. The molecule has 0 spiro atoms. The van der Waals surface area contributed by atoms with Gasteiger partial charge >= 0.3 is 0 Å². The summed E-state index contributed by atoms with van der Waals surface area (Å²) in [4.78, 5) is 14.9. The Bertz CT molecular complexity index is 1440. The Kier molecular flexibility index (Phi) is 8.55. The highest BCUT2D eigenvalue weighted by Gasteiger charge is 2.22. The molecule has 1 amide bonds. The third-order valence-electron chi connectivity index (χ3n) is 5.94. The van der Waals surface area contributed by atoms with E-state index in [9.17, 15) is 22.7 Å². The predicted molar refractivity (Wildman–Crippen MR) is 143 cm³/mol. The molecule has 1 saturated heterocycles. The maximum Gasteiger partial charge on any atom is 0.257 e. The van der Waals surface area contributed by atoms with Gasteiger partial charge in [-0.05, 0) is 64.3 Å². The molecule has 0 unspecified atom stereocenters. The molecule has 1 aliphatic heterocycles. The normalized spacial score (nSPS) is 16.1. The summed E-state index contributed by atoms with van der Waals surface area (Å²) in [6.07, 6.45) is 1.40. The zero-order chi connectivity index (χ0) is 26.7. The van der Waals surface area contributed by atoms with Crippen LogP contribution in [0.15, 0.2) is 64.0 Å². The first-order valence-corrected chi connectivity index (χ1v) is 14.5. The van der Waals surface area contributed by atoms with Gasteiger partial charge in [0.2, 0.25) is 0 Å². The van der Waals surface area contributed by atoms with Crippen LogP contribution in [-0.4, -0.2) is 49.8 Å². The smallest absolute Gasteiger partial charge is 0.257 e. The molecule has 11 heteroatoms. The van der Waals surface area contributed by atoms with E-state index in [1.807, 2.05) is 6.07 Å². The third-order valence-corrected chi connectivity index (χ3v) is 7.97. The van der Waals surface area contributed by atoms with Gasteiger partial charge in [-0.25, -0.2) is 12.8 Å².